The monoisotopic (exact) mass is 250 g/mol. The highest BCUT2D eigenvalue weighted by Crippen LogP contribution is 2.55. The average molecular weight is 250 g/mol. The molecule has 2 aromatic heterocycles. The Morgan fingerprint density at radius 3 is 2.35 bits per heavy atom. The summed E-state index contributed by atoms with van der Waals surface area (Å²) in [6.07, 6.45) is 3.86. The van der Waals surface area contributed by atoms with Crippen LogP contribution in [0.25, 0.3) is 10.9 Å². The summed E-state index contributed by atoms with van der Waals surface area (Å²) in [5.41, 5.74) is 1.31. The van der Waals surface area contributed by atoms with E-state index in [0.29, 0.717) is 0 Å². The van der Waals surface area contributed by atoms with Crippen LogP contribution in [0.5, 0.6) is 0 Å². The summed E-state index contributed by atoms with van der Waals surface area (Å²) in [6, 6.07) is 4.47. The van der Waals surface area contributed by atoms with Crippen molar-refractivity contribution in [3.05, 3.63) is 24.5 Å². The maximum Gasteiger partial charge on any atom is 0.0584 e. The lowest BCUT2D eigenvalue weighted by Crippen LogP contribution is -2.12. The van der Waals surface area contributed by atoms with Crippen LogP contribution in [0.1, 0.15) is 20.8 Å². The number of aromatic nitrogens is 2. The third-order valence-electron chi connectivity index (χ3n) is 3.90. The summed E-state index contributed by atoms with van der Waals surface area (Å²) in [6.45, 7) is 6.99. The molecular formula is C14H22N2S. The van der Waals surface area contributed by atoms with Gasteiger partial charge in [-0.3, -0.25) is 4.98 Å². The largest absolute Gasteiger partial charge is 0.340 e. The van der Waals surface area contributed by atoms with Gasteiger partial charge in [0.1, 0.15) is 0 Å². The number of rotatable bonds is 4. The fourth-order valence-electron chi connectivity index (χ4n) is 2.64. The molecule has 0 unspecified atom stereocenters. The first-order valence-corrected chi connectivity index (χ1v) is 8.48. The zero-order chi connectivity index (χ0) is 12.5. The van der Waals surface area contributed by atoms with Crippen LogP contribution in [0.4, 0.5) is 0 Å². The number of pyridine rings is 1. The van der Waals surface area contributed by atoms with Crippen molar-refractivity contribution in [2.45, 2.75) is 25.8 Å². The van der Waals surface area contributed by atoms with Gasteiger partial charge in [-0.1, -0.05) is 20.8 Å². The van der Waals surface area contributed by atoms with E-state index in [1.54, 1.807) is 0 Å². The number of fused-ring (bicyclic) bond motifs is 1. The molecule has 94 valence electrons. The third-order valence-corrected chi connectivity index (χ3v) is 8.49. The normalized spacial score (nSPS) is 13.2. The minimum absolute atomic E-state index is 0.646. The number of hydrogen-bond donors (Lipinski definition) is 0. The number of hydrogen-bond acceptors (Lipinski definition) is 1. The van der Waals surface area contributed by atoms with Crippen LogP contribution in [-0.2, 0) is 7.05 Å². The van der Waals surface area contributed by atoms with Gasteiger partial charge in [0.2, 0.25) is 0 Å². The Balaban J connectivity index is 2.65. The van der Waals surface area contributed by atoms with E-state index in [1.165, 1.54) is 33.2 Å². The molecule has 0 aliphatic heterocycles. The van der Waals surface area contributed by atoms with Gasteiger partial charge < -0.3 is 4.57 Å². The van der Waals surface area contributed by atoms with Gasteiger partial charge in [0, 0.05) is 24.8 Å². The number of aryl methyl sites for hydroxylation is 1. The summed E-state index contributed by atoms with van der Waals surface area (Å²) in [5, 5.41) is 2.81. The van der Waals surface area contributed by atoms with E-state index in [9.17, 15) is 0 Å². The topological polar surface area (TPSA) is 17.8 Å². The quantitative estimate of drug-likeness (QED) is 0.807. The summed E-state index contributed by atoms with van der Waals surface area (Å²) in [4.78, 5) is 4.22. The Bertz CT molecular complexity index is 504. The Morgan fingerprint density at radius 1 is 1.18 bits per heavy atom. The van der Waals surface area contributed by atoms with Gasteiger partial charge in [-0.05, 0) is 29.4 Å². The molecule has 3 heteroatoms. The minimum atomic E-state index is -0.646. The first kappa shape index (κ1) is 12.5. The molecule has 0 amide bonds. The van der Waals surface area contributed by atoms with Gasteiger partial charge in [0.15, 0.2) is 0 Å². The summed E-state index contributed by atoms with van der Waals surface area (Å²) < 4.78 is 2.38. The van der Waals surface area contributed by atoms with Crippen molar-refractivity contribution < 1.29 is 0 Å². The van der Waals surface area contributed by atoms with Gasteiger partial charge in [-0.25, -0.2) is 10.0 Å². The molecule has 0 saturated carbocycles. The summed E-state index contributed by atoms with van der Waals surface area (Å²) >= 11 is 0. The molecule has 0 fully saturated rings. The lowest BCUT2D eigenvalue weighted by atomic mass is 10.3. The maximum absolute atomic E-state index is 4.22. The molecule has 0 N–H and O–H groups in total. The third kappa shape index (κ3) is 1.86. The zero-order valence-electron chi connectivity index (χ0n) is 11.2. The second-order valence-corrected chi connectivity index (χ2v) is 8.63. The molecule has 2 aromatic rings. The molecule has 0 radical (unpaired) electrons. The van der Waals surface area contributed by atoms with Crippen molar-refractivity contribution >= 4 is 20.9 Å². The van der Waals surface area contributed by atoms with Crippen molar-refractivity contribution in [2.75, 3.05) is 17.3 Å². The SMILES string of the molecule is CCS(CC)(CC)c1cc2cnccc2n1C. The molecular weight excluding hydrogens is 228 g/mol. The fraction of sp³-hybridized carbons (Fsp3) is 0.500. The van der Waals surface area contributed by atoms with Gasteiger partial charge in [-0.2, -0.15) is 0 Å². The molecule has 0 saturated heterocycles. The maximum atomic E-state index is 4.22. The highest BCUT2D eigenvalue weighted by atomic mass is 32.3. The molecule has 0 spiro atoms. The van der Waals surface area contributed by atoms with Crippen molar-refractivity contribution in [1.82, 2.24) is 9.55 Å². The van der Waals surface area contributed by atoms with E-state index in [2.05, 4.69) is 49.5 Å². The van der Waals surface area contributed by atoms with Crippen LogP contribution in [0, 0.1) is 0 Å². The van der Waals surface area contributed by atoms with E-state index in [0.717, 1.165) is 0 Å². The minimum Gasteiger partial charge on any atom is -0.340 e. The van der Waals surface area contributed by atoms with E-state index < -0.39 is 10.0 Å². The van der Waals surface area contributed by atoms with Crippen LogP contribution in [0.2, 0.25) is 0 Å². The van der Waals surface area contributed by atoms with Crippen molar-refractivity contribution in [3.63, 3.8) is 0 Å². The van der Waals surface area contributed by atoms with E-state index >= 15 is 0 Å². The molecule has 0 atom stereocenters. The Kier molecular flexibility index (Phi) is 3.48. The highest BCUT2D eigenvalue weighted by Gasteiger charge is 2.24. The first-order chi connectivity index (χ1) is 8.18. The van der Waals surface area contributed by atoms with Gasteiger partial charge >= 0.3 is 0 Å². The summed E-state index contributed by atoms with van der Waals surface area (Å²) in [7, 11) is 1.55. The smallest absolute Gasteiger partial charge is 0.0584 e. The molecule has 0 aromatic carbocycles. The van der Waals surface area contributed by atoms with Crippen LogP contribution >= 0.6 is 10.0 Å². The fourth-order valence-corrected chi connectivity index (χ4v) is 5.80. The standard InChI is InChI=1S/C14H22N2S/c1-5-17(6-2,7-3)14-10-12-11-15-9-8-13(12)16(14)4/h8-11H,5-7H2,1-4H3. The van der Waals surface area contributed by atoms with Gasteiger partial charge in [0.05, 0.1) is 10.5 Å². The predicted molar refractivity (Wildman–Crippen MR) is 78.2 cm³/mol. The van der Waals surface area contributed by atoms with E-state index in [-0.39, 0.29) is 0 Å². The van der Waals surface area contributed by atoms with Crippen LogP contribution in [0.3, 0.4) is 0 Å². The molecule has 0 aliphatic rings. The van der Waals surface area contributed by atoms with Crippen LogP contribution < -0.4 is 0 Å². The number of nitrogens with zero attached hydrogens (tertiary/aromatic N) is 2. The van der Waals surface area contributed by atoms with Crippen molar-refractivity contribution in [2.24, 2.45) is 7.05 Å². The molecule has 2 heterocycles. The predicted octanol–water partition coefficient (Wildman–Crippen LogP) is 3.80. The highest BCUT2D eigenvalue weighted by molar-refractivity contribution is 8.33. The zero-order valence-corrected chi connectivity index (χ0v) is 12.0. The van der Waals surface area contributed by atoms with Gasteiger partial charge in [0.25, 0.3) is 0 Å². The first-order valence-electron chi connectivity index (χ1n) is 6.34. The summed E-state index contributed by atoms with van der Waals surface area (Å²) in [5.74, 6) is 3.83. The van der Waals surface area contributed by atoms with Crippen LogP contribution in [-0.4, -0.2) is 26.8 Å². The Labute approximate surface area is 105 Å². The molecule has 0 bridgehead atoms. The average Bonchev–Trinajstić information content (AvgIpc) is 2.72. The van der Waals surface area contributed by atoms with Crippen molar-refractivity contribution in [3.8, 4) is 0 Å². The second-order valence-electron chi connectivity index (χ2n) is 4.39. The molecule has 2 nitrogen and oxygen atoms in total. The van der Waals surface area contributed by atoms with Crippen molar-refractivity contribution in [1.29, 1.82) is 0 Å². The Hall–Kier alpha value is -0.960. The second kappa shape index (κ2) is 4.73. The molecule has 2 rings (SSSR count). The van der Waals surface area contributed by atoms with E-state index in [4.69, 9.17) is 0 Å². The molecule has 17 heavy (non-hydrogen) atoms. The lowest BCUT2D eigenvalue weighted by molar-refractivity contribution is 0.851. The Morgan fingerprint density at radius 2 is 1.82 bits per heavy atom. The van der Waals surface area contributed by atoms with E-state index in [1.807, 2.05) is 12.4 Å². The van der Waals surface area contributed by atoms with Gasteiger partial charge in [-0.15, -0.1) is 0 Å². The lowest BCUT2D eigenvalue weighted by Gasteiger charge is -2.37. The molecule has 0 aliphatic carbocycles. The van der Waals surface area contributed by atoms with Crippen LogP contribution in [0.15, 0.2) is 29.6 Å².